The van der Waals surface area contributed by atoms with Crippen LogP contribution < -0.4 is 0 Å². The van der Waals surface area contributed by atoms with Crippen LogP contribution in [0, 0.1) is 6.92 Å². The second-order valence-electron chi connectivity index (χ2n) is 4.74. The summed E-state index contributed by atoms with van der Waals surface area (Å²) in [7, 11) is 2.09. The minimum absolute atomic E-state index is 0.244. The summed E-state index contributed by atoms with van der Waals surface area (Å²) >= 11 is 0. The summed E-state index contributed by atoms with van der Waals surface area (Å²) in [5.74, 6) is 1.04. The van der Waals surface area contributed by atoms with Gasteiger partial charge in [0.2, 0.25) is 5.91 Å². The predicted octanol–water partition coefficient (Wildman–Crippen LogP) is -0.464. The molecule has 1 aromatic rings. The second-order valence-corrected chi connectivity index (χ2v) is 4.74. The van der Waals surface area contributed by atoms with Crippen LogP contribution in [0.1, 0.15) is 18.7 Å². The first kappa shape index (κ1) is 12.9. The van der Waals surface area contributed by atoms with Crippen molar-refractivity contribution >= 4 is 5.91 Å². The maximum absolute atomic E-state index is 12.0. The normalized spacial score (nSPS) is 17.1. The van der Waals surface area contributed by atoms with Gasteiger partial charge in [0, 0.05) is 39.1 Å². The smallest absolute Gasteiger partial charge is 0.222 e. The number of hydrogen-bond donors (Lipinski definition) is 0. The highest BCUT2D eigenvalue weighted by Crippen LogP contribution is 2.04. The summed E-state index contributed by atoms with van der Waals surface area (Å²) in [5.41, 5.74) is 0. The Balaban J connectivity index is 1.70. The Morgan fingerprint density at radius 1 is 1.28 bits per heavy atom. The van der Waals surface area contributed by atoms with Crippen molar-refractivity contribution in [3.05, 3.63) is 5.82 Å². The van der Waals surface area contributed by atoms with Crippen molar-refractivity contribution in [2.75, 3.05) is 33.2 Å². The van der Waals surface area contributed by atoms with Crippen LogP contribution in [0.3, 0.4) is 0 Å². The van der Waals surface area contributed by atoms with Crippen LogP contribution in [-0.2, 0) is 11.3 Å². The first-order valence-corrected chi connectivity index (χ1v) is 6.36. The summed E-state index contributed by atoms with van der Waals surface area (Å²) in [6.45, 7) is 6.20. The number of aromatic nitrogens is 4. The third-order valence-corrected chi connectivity index (χ3v) is 3.33. The predicted molar refractivity (Wildman–Crippen MR) is 65.9 cm³/mol. The van der Waals surface area contributed by atoms with Crippen LogP contribution in [0.25, 0.3) is 0 Å². The molecule has 2 rings (SSSR count). The Bertz CT molecular complexity index is 396. The van der Waals surface area contributed by atoms with Gasteiger partial charge in [0.05, 0.1) is 0 Å². The molecule has 1 amide bonds. The van der Waals surface area contributed by atoms with Gasteiger partial charge in [-0.2, -0.15) is 0 Å². The van der Waals surface area contributed by atoms with Gasteiger partial charge < -0.3 is 9.80 Å². The van der Waals surface area contributed by atoms with Crippen molar-refractivity contribution in [1.82, 2.24) is 30.0 Å². The Labute approximate surface area is 107 Å². The van der Waals surface area contributed by atoms with Gasteiger partial charge in [0.15, 0.2) is 0 Å². The summed E-state index contributed by atoms with van der Waals surface area (Å²) in [6, 6.07) is 0. The highest BCUT2D eigenvalue weighted by Gasteiger charge is 2.18. The van der Waals surface area contributed by atoms with Crippen molar-refractivity contribution in [2.24, 2.45) is 0 Å². The molecule has 100 valence electrons. The van der Waals surface area contributed by atoms with Crippen molar-refractivity contribution in [2.45, 2.75) is 26.3 Å². The fraction of sp³-hybridized carbons (Fsp3) is 0.818. The summed E-state index contributed by atoms with van der Waals surface area (Å²) in [5, 5.41) is 11.3. The lowest BCUT2D eigenvalue weighted by atomic mass is 10.2. The largest absolute Gasteiger partial charge is 0.340 e. The molecular weight excluding hydrogens is 232 g/mol. The third-order valence-electron chi connectivity index (χ3n) is 3.33. The molecular formula is C11H20N6O. The first-order valence-electron chi connectivity index (χ1n) is 6.36. The molecule has 0 aliphatic carbocycles. The fourth-order valence-corrected chi connectivity index (χ4v) is 2.05. The molecule has 1 aromatic heterocycles. The Morgan fingerprint density at radius 2 is 2.00 bits per heavy atom. The third kappa shape index (κ3) is 3.25. The average Bonchev–Trinajstić information content (AvgIpc) is 2.76. The Hall–Kier alpha value is -1.50. The number of likely N-dealkylation sites (N-methyl/N-ethyl adjacent to an activating group) is 1. The molecule has 7 heteroatoms. The van der Waals surface area contributed by atoms with Gasteiger partial charge in [-0.1, -0.05) is 0 Å². The second kappa shape index (κ2) is 5.90. The lowest BCUT2D eigenvalue weighted by Gasteiger charge is -2.32. The molecule has 2 heterocycles. The quantitative estimate of drug-likeness (QED) is 0.725. The topological polar surface area (TPSA) is 67.2 Å². The minimum atomic E-state index is 0.244. The zero-order valence-corrected chi connectivity index (χ0v) is 11.0. The number of piperazine rings is 1. The number of nitrogens with zero attached hydrogens (tertiary/aromatic N) is 6. The molecule has 7 nitrogen and oxygen atoms in total. The van der Waals surface area contributed by atoms with E-state index in [1.807, 2.05) is 11.8 Å². The number of amides is 1. The van der Waals surface area contributed by atoms with E-state index in [0.29, 0.717) is 13.0 Å². The molecule has 0 spiro atoms. The van der Waals surface area contributed by atoms with Gasteiger partial charge in [0.1, 0.15) is 5.82 Å². The van der Waals surface area contributed by atoms with Gasteiger partial charge in [0.25, 0.3) is 0 Å². The molecule has 0 N–H and O–H groups in total. The molecule has 1 saturated heterocycles. The van der Waals surface area contributed by atoms with Crippen molar-refractivity contribution in [3.63, 3.8) is 0 Å². The van der Waals surface area contributed by atoms with Crippen LogP contribution in [-0.4, -0.2) is 69.1 Å². The highest BCUT2D eigenvalue weighted by atomic mass is 16.2. The number of tetrazole rings is 1. The summed E-state index contributed by atoms with van der Waals surface area (Å²) in [4.78, 5) is 16.2. The maximum atomic E-state index is 12.0. The SMILES string of the molecule is Cc1nnnn1CCCC(=O)N1CCN(C)CC1. The number of carbonyl (C=O) groups excluding carboxylic acids is 1. The van der Waals surface area contributed by atoms with Gasteiger partial charge in [-0.05, 0) is 30.8 Å². The van der Waals surface area contributed by atoms with E-state index < -0.39 is 0 Å². The summed E-state index contributed by atoms with van der Waals surface area (Å²) < 4.78 is 1.73. The number of aryl methyl sites for hydroxylation is 2. The molecule has 0 atom stereocenters. The van der Waals surface area contributed by atoms with E-state index in [0.717, 1.165) is 38.4 Å². The molecule has 1 aliphatic rings. The zero-order valence-electron chi connectivity index (χ0n) is 11.0. The monoisotopic (exact) mass is 252 g/mol. The average molecular weight is 252 g/mol. The highest BCUT2D eigenvalue weighted by molar-refractivity contribution is 5.76. The Morgan fingerprint density at radius 3 is 2.61 bits per heavy atom. The lowest BCUT2D eigenvalue weighted by molar-refractivity contribution is -0.132. The number of hydrogen-bond acceptors (Lipinski definition) is 5. The van der Waals surface area contributed by atoms with Gasteiger partial charge in [-0.3, -0.25) is 4.79 Å². The van der Waals surface area contributed by atoms with E-state index >= 15 is 0 Å². The first-order chi connectivity index (χ1) is 8.66. The molecule has 0 saturated carbocycles. The molecule has 0 bridgehead atoms. The van der Waals surface area contributed by atoms with E-state index in [2.05, 4.69) is 27.5 Å². The Kier molecular flexibility index (Phi) is 4.24. The maximum Gasteiger partial charge on any atom is 0.222 e. The molecule has 1 fully saturated rings. The van der Waals surface area contributed by atoms with Gasteiger partial charge in [-0.15, -0.1) is 5.10 Å². The summed E-state index contributed by atoms with van der Waals surface area (Å²) in [6.07, 6.45) is 1.36. The fourth-order valence-electron chi connectivity index (χ4n) is 2.05. The van der Waals surface area contributed by atoms with Crippen LogP contribution in [0.4, 0.5) is 0 Å². The van der Waals surface area contributed by atoms with Crippen LogP contribution in [0.15, 0.2) is 0 Å². The van der Waals surface area contributed by atoms with E-state index in [-0.39, 0.29) is 5.91 Å². The molecule has 0 aromatic carbocycles. The molecule has 0 unspecified atom stereocenters. The van der Waals surface area contributed by atoms with E-state index in [4.69, 9.17) is 0 Å². The lowest BCUT2D eigenvalue weighted by Crippen LogP contribution is -2.47. The molecule has 18 heavy (non-hydrogen) atoms. The van der Waals surface area contributed by atoms with Crippen molar-refractivity contribution in [3.8, 4) is 0 Å². The standard InChI is InChI=1S/C11H20N6O/c1-10-12-13-14-17(10)5-3-4-11(18)16-8-6-15(2)7-9-16/h3-9H2,1-2H3. The molecule has 1 aliphatic heterocycles. The molecule has 0 radical (unpaired) electrons. The van der Waals surface area contributed by atoms with Crippen molar-refractivity contribution in [1.29, 1.82) is 0 Å². The number of rotatable bonds is 4. The van der Waals surface area contributed by atoms with Crippen LogP contribution in [0.5, 0.6) is 0 Å². The van der Waals surface area contributed by atoms with E-state index in [9.17, 15) is 4.79 Å². The number of carbonyl (C=O) groups is 1. The van der Waals surface area contributed by atoms with E-state index in [1.54, 1.807) is 4.68 Å². The van der Waals surface area contributed by atoms with E-state index in [1.165, 1.54) is 0 Å². The van der Waals surface area contributed by atoms with Crippen LogP contribution in [0.2, 0.25) is 0 Å². The van der Waals surface area contributed by atoms with Crippen LogP contribution >= 0.6 is 0 Å². The van der Waals surface area contributed by atoms with Gasteiger partial charge in [-0.25, -0.2) is 4.68 Å². The zero-order chi connectivity index (χ0) is 13.0. The van der Waals surface area contributed by atoms with Crippen molar-refractivity contribution < 1.29 is 4.79 Å². The van der Waals surface area contributed by atoms with Gasteiger partial charge >= 0.3 is 0 Å². The minimum Gasteiger partial charge on any atom is -0.340 e.